The van der Waals surface area contributed by atoms with E-state index in [1.165, 1.54) is 11.6 Å². The van der Waals surface area contributed by atoms with Crippen LogP contribution in [0.2, 0.25) is 0 Å². The van der Waals surface area contributed by atoms with Gasteiger partial charge < -0.3 is 74.2 Å². The van der Waals surface area contributed by atoms with E-state index in [1.807, 2.05) is 36.6 Å². The van der Waals surface area contributed by atoms with Gasteiger partial charge in [-0.05, 0) is 76.1 Å². The highest BCUT2D eigenvalue weighted by atomic mass is 19.1. The second-order valence-electron chi connectivity index (χ2n) is 15.5. The normalized spacial score (nSPS) is 10.0. The number of aliphatic imine (C=N–C) groups is 1. The lowest BCUT2D eigenvalue weighted by molar-refractivity contribution is -0.139. The van der Waals surface area contributed by atoms with Gasteiger partial charge in [-0.15, -0.1) is 0 Å². The van der Waals surface area contributed by atoms with E-state index in [1.54, 1.807) is 19.1 Å². The number of urea groups is 1. The summed E-state index contributed by atoms with van der Waals surface area (Å²) in [5, 5.41) is 58.8. The number of amides is 7. The molecule has 2 aromatic rings. The van der Waals surface area contributed by atoms with Crippen molar-refractivity contribution in [3.8, 4) is 5.75 Å². The van der Waals surface area contributed by atoms with Crippen LogP contribution in [0.15, 0.2) is 47.6 Å². The summed E-state index contributed by atoms with van der Waals surface area (Å²) in [4.78, 5) is 117. The third-order valence-electron chi connectivity index (χ3n) is 8.79. The van der Waals surface area contributed by atoms with Crippen LogP contribution < -0.4 is 48.7 Å². The van der Waals surface area contributed by atoms with Crippen LogP contribution in [0.1, 0.15) is 120 Å². The largest absolute Gasteiger partial charge is 0.508 e. The van der Waals surface area contributed by atoms with Crippen molar-refractivity contribution in [2.75, 3.05) is 45.8 Å². The molecule has 0 aliphatic carbocycles. The Labute approximate surface area is 429 Å². The van der Waals surface area contributed by atoms with Crippen LogP contribution >= 0.6 is 0 Å². The van der Waals surface area contributed by atoms with E-state index in [-0.39, 0.29) is 36.2 Å². The molecule has 0 saturated heterocycles. The fraction of sp³-hybridized carbons (Fsp3) is 0.532. The first-order valence-electron chi connectivity index (χ1n) is 23.7. The van der Waals surface area contributed by atoms with E-state index in [9.17, 15) is 52.3 Å². The second-order valence-corrected chi connectivity index (χ2v) is 15.5. The third kappa shape index (κ3) is 48.9. The van der Waals surface area contributed by atoms with E-state index in [4.69, 9.17) is 37.0 Å². The second kappa shape index (κ2) is 46.0. The first-order chi connectivity index (χ1) is 35.0. The molecule has 0 aliphatic rings. The van der Waals surface area contributed by atoms with E-state index in [2.05, 4.69) is 43.5 Å². The van der Waals surface area contributed by atoms with Crippen molar-refractivity contribution in [2.24, 2.45) is 16.5 Å². The SMILES string of the molecule is CCC(=O)O.CCCCNC(=O)CCCCCCC(=O)NCCCCC(NC(=O)NCC(=O)O)C(=O)O.CCCN=C(N)N.Cc1ccc(O)cc1.O=C(O)CNC(=O)CNC(=O)CNC(=O)c1ccc(F)nc1. The van der Waals surface area contributed by atoms with Gasteiger partial charge in [0.1, 0.15) is 24.9 Å². The Balaban J connectivity index is -0.00000102. The number of aliphatic carboxylic acids is 4. The van der Waals surface area contributed by atoms with Crippen molar-refractivity contribution in [1.29, 1.82) is 0 Å². The minimum atomic E-state index is -1.23. The summed E-state index contributed by atoms with van der Waals surface area (Å²) in [6.45, 7) is 7.59. The van der Waals surface area contributed by atoms with Crippen LogP contribution in [-0.4, -0.2) is 148 Å². The number of hydrogen-bond donors (Lipinski definition) is 14. The fourth-order valence-electron chi connectivity index (χ4n) is 4.87. The molecule has 0 bridgehead atoms. The summed E-state index contributed by atoms with van der Waals surface area (Å²) in [5.41, 5.74) is 11.3. The number of carbonyl (C=O) groups excluding carboxylic acids is 6. The topological polar surface area (TPSA) is 433 Å². The van der Waals surface area contributed by atoms with Gasteiger partial charge in [-0.3, -0.25) is 43.3 Å². The van der Waals surface area contributed by atoms with Gasteiger partial charge in [0.05, 0.1) is 18.7 Å². The standard InChI is InChI=1S/C21H38N4O7.C12H13FN4O5.C7H8O.C4H11N3.C3H6O2/c1-2-3-13-22-17(26)11-6-4-5-7-12-18(27)23-14-9-8-10-16(20(30)31)25-21(32)24-15-19(28)29;13-8-2-1-7(3-14-8)12(22)17-5-10(19)15-4-9(18)16-6-11(20)21;1-6-2-4-7(8)5-3-6;1-2-3-7-4(5)6;1-2-3(4)5/h16H,2-15H2,1H3,(H,22,26)(H,23,27)(H,28,29)(H,30,31)(H2,24,25,32);1-3H,4-6H2,(H,15,19)(H,16,18)(H,17,22)(H,20,21);2-5,8H,1H3;2-3H2,1H3,(H4,5,6,7);2H2,1H3,(H,4,5). The Morgan fingerprint density at radius 2 is 1.12 bits per heavy atom. The number of phenols is 1. The highest BCUT2D eigenvalue weighted by Gasteiger charge is 2.19. The minimum absolute atomic E-state index is 0.0664. The summed E-state index contributed by atoms with van der Waals surface area (Å²) in [7, 11) is 0. The van der Waals surface area contributed by atoms with Crippen LogP contribution in [0.4, 0.5) is 9.18 Å². The number of halogens is 1. The fourth-order valence-corrected chi connectivity index (χ4v) is 4.87. The molecule has 26 nitrogen and oxygen atoms in total. The maximum Gasteiger partial charge on any atom is 0.326 e. The van der Waals surface area contributed by atoms with Crippen LogP contribution in [0.25, 0.3) is 0 Å². The highest BCUT2D eigenvalue weighted by Crippen LogP contribution is 2.08. The maximum atomic E-state index is 12.6. The minimum Gasteiger partial charge on any atom is -0.508 e. The molecular formula is C47H76FN11O15. The first-order valence-corrected chi connectivity index (χ1v) is 23.7. The van der Waals surface area contributed by atoms with E-state index < -0.39 is 85.8 Å². The van der Waals surface area contributed by atoms with Crippen LogP contribution in [-0.2, 0) is 38.4 Å². The van der Waals surface area contributed by atoms with Gasteiger partial charge in [0.25, 0.3) is 5.91 Å². The van der Waals surface area contributed by atoms with Gasteiger partial charge in [0, 0.05) is 45.1 Å². The van der Waals surface area contributed by atoms with Crippen molar-refractivity contribution in [2.45, 2.75) is 117 Å². The Morgan fingerprint density at radius 3 is 1.55 bits per heavy atom. The molecule has 1 heterocycles. The van der Waals surface area contributed by atoms with Gasteiger partial charge in [0.2, 0.25) is 29.6 Å². The number of nitrogens with one attached hydrogen (secondary N) is 7. The van der Waals surface area contributed by atoms with E-state index >= 15 is 0 Å². The number of aryl methyl sites for hydroxylation is 1. The predicted octanol–water partition coefficient (Wildman–Crippen LogP) is 1.49. The zero-order valence-electron chi connectivity index (χ0n) is 42.5. The molecule has 1 atom stereocenters. The Kier molecular flexibility index (Phi) is 43.6. The number of nitrogens with two attached hydrogens (primary N) is 2. The molecule has 0 spiro atoms. The van der Waals surface area contributed by atoms with E-state index in [0.717, 1.165) is 70.3 Å². The Bertz CT molecular complexity index is 1990. The molecule has 0 radical (unpaired) electrons. The molecule has 7 amide bonds. The number of phenolic OH excluding ortho intramolecular Hbond substituents is 1. The lowest BCUT2D eigenvalue weighted by Gasteiger charge is -2.14. The molecule has 1 aromatic heterocycles. The molecule has 1 aromatic carbocycles. The van der Waals surface area contributed by atoms with Gasteiger partial charge in [-0.1, -0.05) is 57.7 Å². The monoisotopic (exact) mass is 1050 g/mol. The molecule has 0 aliphatic heterocycles. The van der Waals surface area contributed by atoms with Gasteiger partial charge in [0.15, 0.2) is 5.96 Å². The number of benzene rings is 1. The number of carboxylic acids is 4. The zero-order valence-corrected chi connectivity index (χ0v) is 42.5. The van der Waals surface area contributed by atoms with Crippen molar-refractivity contribution >= 4 is 65.4 Å². The summed E-state index contributed by atoms with van der Waals surface area (Å²) < 4.78 is 12.6. The Hall–Kier alpha value is -8.13. The molecule has 2 rings (SSSR count). The van der Waals surface area contributed by atoms with Crippen LogP contribution in [0.3, 0.4) is 0 Å². The summed E-state index contributed by atoms with van der Waals surface area (Å²) >= 11 is 0. The number of carboxylic acid groups (broad SMARTS) is 4. The molecule has 0 fully saturated rings. The first kappa shape index (κ1) is 70.1. The number of aromatic nitrogens is 1. The van der Waals surface area contributed by atoms with Gasteiger partial charge in [-0.2, -0.15) is 4.39 Å². The molecule has 16 N–H and O–H groups in total. The third-order valence-corrected chi connectivity index (χ3v) is 8.79. The molecule has 1 unspecified atom stereocenters. The van der Waals surface area contributed by atoms with E-state index in [0.29, 0.717) is 38.0 Å². The van der Waals surface area contributed by atoms with Crippen molar-refractivity contribution in [1.82, 2.24) is 42.2 Å². The maximum absolute atomic E-state index is 12.6. The average molecular weight is 1050 g/mol. The number of nitrogens with zero attached hydrogens (tertiary/aromatic N) is 2. The average Bonchev–Trinajstić information content (AvgIpc) is 3.35. The number of rotatable bonds is 29. The quantitative estimate of drug-likeness (QED) is 0.0237. The van der Waals surface area contributed by atoms with Crippen LogP contribution in [0, 0.1) is 12.9 Å². The number of carbonyl (C=O) groups is 10. The molecular weight excluding hydrogens is 978 g/mol. The molecule has 416 valence electrons. The molecule has 27 heteroatoms. The number of guanidine groups is 1. The lowest BCUT2D eigenvalue weighted by atomic mass is 10.1. The lowest BCUT2D eigenvalue weighted by Crippen LogP contribution is -2.47. The van der Waals surface area contributed by atoms with Crippen molar-refractivity contribution < 1.29 is 77.9 Å². The highest BCUT2D eigenvalue weighted by molar-refractivity contribution is 5.96. The Morgan fingerprint density at radius 1 is 0.608 bits per heavy atom. The number of pyridine rings is 1. The zero-order chi connectivity index (χ0) is 56.7. The van der Waals surface area contributed by atoms with Crippen LogP contribution in [0.5, 0.6) is 5.75 Å². The number of unbranched alkanes of at least 4 members (excludes halogenated alkanes) is 5. The smallest absolute Gasteiger partial charge is 0.326 e. The number of aromatic hydroxyl groups is 1. The summed E-state index contributed by atoms with van der Waals surface area (Å²) in [6.07, 6.45) is 9.74. The van der Waals surface area contributed by atoms with Gasteiger partial charge >= 0.3 is 29.9 Å². The predicted molar refractivity (Wildman–Crippen MR) is 270 cm³/mol. The summed E-state index contributed by atoms with van der Waals surface area (Å²) in [5.74, 6) is -6.55. The summed E-state index contributed by atoms with van der Waals surface area (Å²) in [6, 6.07) is 7.31. The van der Waals surface area contributed by atoms with Crippen molar-refractivity contribution in [3.05, 3.63) is 59.7 Å². The molecule has 0 saturated carbocycles. The van der Waals surface area contributed by atoms with Gasteiger partial charge in [-0.25, -0.2) is 14.6 Å². The molecule has 74 heavy (non-hydrogen) atoms. The van der Waals surface area contributed by atoms with Crippen molar-refractivity contribution in [3.63, 3.8) is 0 Å². The number of hydrogen-bond acceptors (Lipinski definition) is 13.